The van der Waals surface area contributed by atoms with Crippen molar-refractivity contribution < 1.29 is 4.42 Å². The van der Waals surface area contributed by atoms with Gasteiger partial charge in [0.05, 0.1) is 11.9 Å². The quantitative estimate of drug-likeness (QED) is 0.731. The number of rotatable bonds is 2. The predicted molar refractivity (Wildman–Crippen MR) is 55.6 cm³/mol. The highest BCUT2D eigenvalue weighted by Gasteiger charge is 2.11. The van der Waals surface area contributed by atoms with Gasteiger partial charge in [-0.05, 0) is 5.92 Å². The van der Waals surface area contributed by atoms with Crippen LogP contribution in [-0.2, 0) is 0 Å². The molecule has 0 amide bonds. The minimum atomic E-state index is 0.416. The molecule has 0 aromatic carbocycles. The van der Waals surface area contributed by atoms with Crippen LogP contribution in [0.5, 0.6) is 0 Å². The van der Waals surface area contributed by atoms with Crippen molar-refractivity contribution in [3.63, 3.8) is 0 Å². The van der Waals surface area contributed by atoms with Crippen molar-refractivity contribution in [1.82, 2.24) is 9.61 Å². The van der Waals surface area contributed by atoms with Crippen molar-refractivity contribution in [1.29, 1.82) is 0 Å². The van der Waals surface area contributed by atoms with Crippen LogP contribution in [0.15, 0.2) is 16.7 Å². The molecule has 2 aromatic heterocycles. The number of hydrogen-bond donors (Lipinski definition) is 0. The second-order valence-corrected chi connectivity index (χ2v) is 4.29. The van der Waals surface area contributed by atoms with Gasteiger partial charge in [-0.15, -0.1) is 0 Å². The summed E-state index contributed by atoms with van der Waals surface area (Å²) in [7, 11) is 0. The average Bonchev–Trinajstić information content (AvgIpc) is 2.57. The summed E-state index contributed by atoms with van der Waals surface area (Å²) in [6.07, 6.45) is 1.96. The van der Waals surface area contributed by atoms with E-state index in [1.165, 1.54) is 0 Å². The van der Waals surface area contributed by atoms with E-state index in [-0.39, 0.29) is 0 Å². The van der Waals surface area contributed by atoms with Crippen LogP contribution in [-0.4, -0.2) is 9.61 Å². The van der Waals surface area contributed by atoms with Crippen molar-refractivity contribution in [3.05, 3.63) is 23.7 Å². The van der Waals surface area contributed by atoms with Crippen LogP contribution in [0.25, 0.3) is 5.71 Å². The van der Waals surface area contributed by atoms with Gasteiger partial charge in [-0.1, -0.05) is 27.7 Å². The van der Waals surface area contributed by atoms with Gasteiger partial charge in [0.15, 0.2) is 0 Å². The zero-order chi connectivity index (χ0) is 10.3. The van der Waals surface area contributed by atoms with E-state index in [4.69, 9.17) is 4.42 Å². The molecule has 0 aliphatic heterocycles. The van der Waals surface area contributed by atoms with Gasteiger partial charge < -0.3 is 4.42 Å². The fourth-order valence-corrected chi connectivity index (χ4v) is 1.38. The molecule has 0 unspecified atom stereocenters. The summed E-state index contributed by atoms with van der Waals surface area (Å²) >= 11 is 0. The summed E-state index contributed by atoms with van der Waals surface area (Å²) in [5.74, 6) is 1.86. The maximum atomic E-state index is 5.66. The Morgan fingerprint density at radius 1 is 1.21 bits per heavy atom. The van der Waals surface area contributed by atoms with Gasteiger partial charge in [-0.25, -0.2) is 4.52 Å². The van der Waals surface area contributed by atoms with Gasteiger partial charge in [0.2, 0.25) is 5.71 Å². The lowest BCUT2D eigenvalue weighted by Gasteiger charge is -1.97. The van der Waals surface area contributed by atoms with Crippen molar-refractivity contribution in [3.8, 4) is 0 Å². The van der Waals surface area contributed by atoms with Gasteiger partial charge in [0.25, 0.3) is 0 Å². The standard InChI is InChI=1S/C11H16N2O/c1-7(2)9-5-11-13(12-9)6-10(14-11)8(3)4/h5-8H,1-4H3. The molecule has 3 nitrogen and oxygen atoms in total. The lowest BCUT2D eigenvalue weighted by molar-refractivity contribution is 0.519. The van der Waals surface area contributed by atoms with Crippen LogP contribution in [0, 0.1) is 0 Å². The van der Waals surface area contributed by atoms with Crippen LogP contribution in [0.4, 0.5) is 0 Å². The third-order valence-electron chi connectivity index (χ3n) is 2.35. The average molecular weight is 192 g/mol. The third-order valence-corrected chi connectivity index (χ3v) is 2.35. The Morgan fingerprint density at radius 3 is 2.43 bits per heavy atom. The topological polar surface area (TPSA) is 30.4 Å². The van der Waals surface area contributed by atoms with Crippen molar-refractivity contribution in [2.75, 3.05) is 0 Å². The summed E-state index contributed by atoms with van der Waals surface area (Å²) in [5.41, 5.74) is 1.93. The lowest BCUT2D eigenvalue weighted by Crippen LogP contribution is -1.90. The molecule has 0 bridgehead atoms. The molecule has 0 radical (unpaired) electrons. The molecule has 0 aliphatic carbocycles. The fourth-order valence-electron chi connectivity index (χ4n) is 1.38. The van der Waals surface area contributed by atoms with Gasteiger partial charge in [-0.3, -0.25) is 0 Å². The lowest BCUT2D eigenvalue weighted by atomic mass is 10.1. The molecular weight excluding hydrogens is 176 g/mol. The number of oxazole rings is 1. The van der Waals surface area contributed by atoms with Gasteiger partial charge in [-0.2, -0.15) is 5.10 Å². The molecule has 14 heavy (non-hydrogen) atoms. The minimum Gasteiger partial charge on any atom is -0.441 e. The Balaban J connectivity index is 2.45. The molecule has 0 saturated heterocycles. The summed E-state index contributed by atoms with van der Waals surface area (Å²) < 4.78 is 7.48. The molecule has 3 heteroatoms. The Hall–Kier alpha value is -1.25. The van der Waals surface area contributed by atoms with E-state index in [0.717, 1.165) is 17.2 Å². The second-order valence-electron chi connectivity index (χ2n) is 4.29. The van der Waals surface area contributed by atoms with E-state index in [2.05, 4.69) is 32.8 Å². The third kappa shape index (κ3) is 1.43. The highest BCUT2D eigenvalue weighted by atomic mass is 16.4. The molecule has 2 aromatic rings. The first-order valence-electron chi connectivity index (χ1n) is 5.07. The number of aromatic nitrogens is 2. The van der Waals surface area contributed by atoms with Crippen LogP contribution < -0.4 is 0 Å². The molecule has 0 fully saturated rings. The van der Waals surface area contributed by atoms with E-state index in [1.807, 2.05) is 16.8 Å². The van der Waals surface area contributed by atoms with Gasteiger partial charge >= 0.3 is 0 Å². The van der Waals surface area contributed by atoms with E-state index < -0.39 is 0 Å². The van der Waals surface area contributed by atoms with Crippen LogP contribution in [0.2, 0.25) is 0 Å². The maximum Gasteiger partial charge on any atom is 0.221 e. The molecule has 0 atom stereocenters. The summed E-state index contributed by atoms with van der Waals surface area (Å²) in [6.45, 7) is 8.49. The van der Waals surface area contributed by atoms with Gasteiger partial charge in [0, 0.05) is 12.0 Å². The second kappa shape index (κ2) is 3.15. The SMILES string of the molecule is CC(C)c1cc2oc(C(C)C)cn2n1. The first-order valence-corrected chi connectivity index (χ1v) is 5.07. The molecule has 76 valence electrons. The number of hydrogen-bond acceptors (Lipinski definition) is 2. The Morgan fingerprint density at radius 2 is 1.93 bits per heavy atom. The zero-order valence-corrected chi connectivity index (χ0v) is 9.11. The van der Waals surface area contributed by atoms with E-state index >= 15 is 0 Å². The zero-order valence-electron chi connectivity index (χ0n) is 9.11. The maximum absolute atomic E-state index is 5.66. The summed E-state index contributed by atoms with van der Waals surface area (Å²) in [5, 5.41) is 4.44. The molecule has 2 heterocycles. The van der Waals surface area contributed by atoms with Crippen LogP contribution >= 0.6 is 0 Å². The first kappa shape index (κ1) is 9.31. The largest absolute Gasteiger partial charge is 0.441 e. The minimum absolute atomic E-state index is 0.416. The summed E-state index contributed by atoms with van der Waals surface area (Å²) in [4.78, 5) is 0. The molecular formula is C11H16N2O. The molecule has 0 spiro atoms. The highest BCUT2D eigenvalue weighted by Crippen LogP contribution is 2.21. The first-order chi connectivity index (χ1) is 6.58. The van der Waals surface area contributed by atoms with Crippen molar-refractivity contribution >= 4 is 5.71 Å². The number of nitrogens with zero attached hydrogens (tertiary/aromatic N) is 2. The number of fused-ring (bicyclic) bond motifs is 1. The fraction of sp³-hybridized carbons (Fsp3) is 0.545. The van der Waals surface area contributed by atoms with E-state index in [9.17, 15) is 0 Å². The Bertz CT molecular complexity index is 368. The van der Waals surface area contributed by atoms with Crippen LogP contribution in [0.3, 0.4) is 0 Å². The van der Waals surface area contributed by atoms with E-state index in [1.54, 1.807) is 0 Å². The molecule has 0 N–H and O–H groups in total. The Labute approximate surface area is 83.7 Å². The smallest absolute Gasteiger partial charge is 0.221 e. The molecule has 2 rings (SSSR count). The van der Waals surface area contributed by atoms with Gasteiger partial charge in [0.1, 0.15) is 5.76 Å². The Kier molecular flexibility index (Phi) is 2.10. The van der Waals surface area contributed by atoms with Crippen molar-refractivity contribution in [2.45, 2.75) is 39.5 Å². The molecule has 0 saturated carbocycles. The highest BCUT2D eigenvalue weighted by molar-refractivity contribution is 5.37. The summed E-state index contributed by atoms with van der Waals surface area (Å²) in [6, 6.07) is 2.01. The predicted octanol–water partition coefficient (Wildman–Crippen LogP) is 3.17. The van der Waals surface area contributed by atoms with Crippen LogP contribution in [0.1, 0.15) is 51.0 Å². The molecule has 0 aliphatic rings. The van der Waals surface area contributed by atoms with Crippen molar-refractivity contribution in [2.24, 2.45) is 0 Å². The normalized spacial score (nSPS) is 12.1. The van der Waals surface area contributed by atoms with E-state index in [0.29, 0.717) is 11.8 Å². The monoisotopic (exact) mass is 192 g/mol.